The Kier molecular flexibility index (Phi) is 7.17. The molecule has 2 aromatic rings. The van der Waals surface area contributed by atoms with E-state index >= 15 is 0 Å². The highest BCUT2D eigenvalue weighted by Crippen LogP contribution is 2.22. The number of nitrogens with one attached hydrogen (secondary N) is 1. The number of aromatic nitrogens is 2. The van der Waals surface area contributed by atoms with Gasteiger partial charge in [-0.3, -0.25) is 9.69 Å². The van der Waals surface area contributed by atoms with Crippen molar-refractivity contribution in [3.05, 3.63) is 53.3 Å². The minimum Gasteiger partial charge on any atom is -0.356 e. The van der Waals surface area contributed by atoms with Gasteiger partial charge in [-0.05, 0) is 75.7 Å². The Hall–Kier alpha value is -2.47. The van der Waals surface area contributed by atoms with Crippen LogP contribution in [0.15, 0.2) is 36.5 Å². The minimum atomic E-state index is 0.0269. The van der Waals surface area contributed by atoms with Crippen LogP contribution in [0.25, 0.3) is 0 Å². The van der Waals surface area contributed by atoms with Crippen LogP contribution in [0.4, 0.5) is 5.95 Å². The van der Waals surface area contributed by atoms with E-state index in [0.29, 0.717) is 12.5 Å². The molecule has 1 N–H and O–H groups in total. The number of benzene rings is 1. The van der Waals surface area contributed by atoms with Crippen LogP contribution in [0.2, 0.25) is 0 Å². The summed E-state index contributed by atoms with van der Waals surface area (Å²) in [5.74, 6) is 1.55. The average molecular weight is 422 g/mol. The Labute approximate surface area is 186 Å². The Morgan fingerprint density at radius 3 is 2.68 bits per heavy atom. The molecule has 0 radical (unpaired) electrons. The van der Waals surface area contributed by atoms with Gasteiger partial charge >= 0.3 is 0 Å². The minimum absolute atomic E-state index is 0.0269. The molecule has 0 aliphatic carbocycles. The van der Waals surface area contributed by atoms with Gasteiger partial charge in [0.1, 0.15) is 0 Å². The maximum absolute atomic E-state index is 12.8. The fourth-order valence-corrected chi connectivity index (χ4v) is 4.73. The largest absolute Gasteiger partial charge is 0.356 e. The molecule has 2 aliphatic heterocycles. The Balaban J connectivity index is 1.21. The second kappa shape index (κ2) is 10.2. The smallest absolute Gasteiger partial charge is 0.225 e. The van der Waals surface area contributed by atoms with Gasteiger partial charge in [-0.15, -0.1) is 0 Å². The third-order valence-corrected chi connectivity index (χ3v) is 6.78. The fourth-order valence-electron chi connectivity index (χ4n) is 4.73. The predicted octanol–water partition coefficient (Wildman–Crippen LogP) is 3.34. The van der Waals surface area contributed by atoms with Crippen molar-refractivity contribution in [3.63, 3.8) is 0 Å². The lowest BCUT2D eigenvalue weighted by molar-refractivity contribution is -0.125. The molecule has 0 saturated carbocycles. The van der Waals surface area contributed by atoms with Crippen molar-refractivity contribution < 1.29 is 4.79 Å². The number of anilines is 1. The summed E-state index contributed by atoms with van der Waals surface area (Å²) in [6.07, 6.45) is 6.06. The zero-order valence-corrected chi connectivity index (χ0v) is 18.9. The molecule has 3 heterocycles. The van der Waals surface area contributed by atoms with Crippen LogP contribution in [0.5, 0.6) is 0 Å². The van der Waals surface area contributed by atoms with Crippen LogP contribution in [0.3, 0.4) is 0 Å². The van der Waals surface area contributed by atoms with Gasteiger partial charge in [-0.1, -0.05) is 24.3 Å². The van der Waals surface area contributed by atoms with Gasteiger partial charge in [0.15, 0.2) is 0 Å². The number of hydrogen-bond acceptors (Lipinski definition) is 5. The van der Waals surface area contributed by atoms with Gasteiger partial charge in [0.2, 0.25) is 11.9 Å². The lowest BCUT2D eigenvalue weighted by Gasteiger charge is -2.34. The van der Waals surface area contributed by atoms with E-state index in [1.807, 2.05) is 13.0 Å². The Bertz CT molecular complexity index is 878. The first kappa shape index (κ1) is 21.8. The van der Waals surface area contributed by atoms with Crippen LogP contribution in [0.1, 0.15) is 42.5 Å². The Morgan fingerprint density at radius 1 is 1.10 bits per heavy atom. The quantitative estimate of drug-likeness (QED) is 0.775. The summed E-state index contributed by atoms with van der Waals surface area (Å²) in [5, 5.41) is 3.25. The van der Waals surface area contributed by atoms with E-state index < -0.39 is 0 Å². The number of carbonyl (C=O) groups excluding carboxylic acids is 1. The van der Waals surface area contributed by atoms with E-state index in [4.69, 9.17) is 0 Å². The van der Waals surface area contributed by atoms with Crippen molar-refractivity contribution in [2.75, 3.05) is 37.6 Å². The predicted molar refractivity (Wildman–Crippen MR) is 124 cm³/mol. The average Bonchev–Trinajstić information content (AvgIpc) is 2.80. The maximum Gasteiger partial charge on any atom is 0.225 e. The highest BCUT2D eigenvalue weighted by molar-refractivity contribution is 5.79. The molecule has 1 unspecified atom stereocenters. The maximum atomic E-state index is 12.8. The molecule has 4 rings (SSSR count). The fraction of sp³-hybridized carbons (Fsp3) is 0.560. The van der Waals surface area contributed by atoms with Gasteiger partial charge < -0.3 is 10.2 Å². The number of likely N-dealkylation sites (tertiary alicyclic amines) is 1. The van der Waals surface area contributed by atoms with Crippen molar-refractivity contribution in [2.24, 2.45) is 11.8 Å². The summed E-state index contributed by atoms with van der Waals surface area (Å²) < 4.78 is 0. The van der Waals surface area contributed by atoms with Gasteiger partial charge in [0, 0.05) is 38.1 Å². The lowest BCUT2D eigenvalue weighted by atomic mass is 9.94. The molecule has 1 aromatic heterocycles. The molecular weight excluding hydrogens is 386 g/mol. The zero-order valence-electron chi connectivity index (χ0n) is 18.9. The van der Waals surface area contributed by atoms with E-state index in [-0.39, 0.29) is 11.8 Å². The summed E-state index contributed by atoms with van der Waals surface area (Å²) in [6, 6.07) is 10.6. The number of hydrogen-bond donors (Lipinski definition) is 1. The topological polar surface area (TPSA) is 61.4 Å². The summed E-state index contributed by atoms with van der Waals surface area (Å²) in [5.41, 5.74) is 3.76. The summed E-state index contributed by atoms with van der Waals surface area (Å²) in [6.45, 7) is 9.85. The summed E-state index contributed by atoms with van der Waals surface area (Å²) in [4.78, 5) is 26.5. The third kappa shape index (κ3) is 5.82. The zero-order chi connectivity index (χ0) is 21.6. The van der Waals surface area contributed by atoms with Crippen molar-refractivity contribution >= 4 is 11.9 Å². The molecule has 2 aliphatic rings. The first-order valence-electron chi connectivity index (χ1n) is 11.7. The normalized spacial score (nSPS) is 20.6. The second-order valence-corrected chi connectivity index (χ2v) is 9.17. The lowest BCUT2D eigenvalue weighted by Crippen LogP contribution is -2.45. The highest BCUT2D eigenvalue weighted by Gasteiger charge is 2.28. The molecule has 6 nitrogen and oxygen atoms in total. The van der Waals surface area contributed by atoms with Crippen molar-refractivity contribution in [1.29, 1.82) is 0 Å². The van der Waals surface area contributed by atoms with Gasteiger partial charge in [-0.2, -0.15) is 0 Å². The van der Waals surface area contributed by atoms with Crippen LogP contribution < -0.4 is 10.2 Å². The molecule has 1 atom stereocenters. The van der Waals surface area contributed by atoms with Gasteiger partial charge in [0.05, 0.1) is 5.92 Å². The van der Waals surface area contributed by atoms with Crippen molar-refractivity contribution in [1.82, 2.24) is 20.2 Å². The van der Waals surface area contributed by atoms with Crippen LogP contribution >= 0.6 is 0 Å². The SMILES string of the molecule is Cc1ccnc(N2CCCC(C(=O)NCC3CCN(Cc4ccccc4C)CC3)C2)n1. The number of piperidine rings is 2. The standard InChI is InChI=1S/C25H35N5O/c1-19-6-3-4-7-22(19)17-29-14-10-21(11-15-29)16-27-24(31)23-8-5-13-30(18-23)25-26-12-9-20(2)28-25/h3-4,6-7,9,12,21,23H,5,8,10-11,13-18H2,1-2H3,(H,27,31). The van der Waals surface area contributed by atoms with Crippen LogP contribution in [-0.4, -0.2) is 53.5 Å². The number of carbonyl (C=O) groups is 1. The first-order chi connectivity index (χ1) is 15.1. The van der Waals surface area contributed by atoms with E-state index in [9.17, 15) is 4.79 Å². The number of nitrogens with zero attached hydrogens (tertiary/aromatic N) is 4. The van der Waals surface area contributed by atoms with Crippen molar-refractivity contribution in [3.8, 4) is 0 Å². The Morgan fingerprint density at radius 2 is 1.90 bits per heavy atom. The number of amides is 1. The van der Waals surface area contributed by atoms with E-state index in [2.05, 4.69) is 56.3 Å². The number of aryl methyl sites for hydroxylation is 2. The molecule has 0 bridgehead atoms. The molecule has 1 aromatic carbocycles. The molecule has 31 heavy (non-hydrogen) atoms. The van der Waals surface area contributed by atoms with Crippen LogP contribution in [0, 0.1) is 25.7 Å². The second-order valence-electron chi connectivity index (χ2n) is 9.17. The molecule has 166 valence electrons. The molecule has 0 spiro atoms. The van der Waals surface area contributed by atoms with Gasteiger partial charge in [0.25, 0.3) is 0 Å². The highest BCUT2D eigenvalue weighted by atomic mass is 16.1. The molecule has 2 saturated heterocycles. The number of rotatable bonds is 6. The molecule has 6 heteroatoms. The third-order valence-electron chi connectivity index (χ3n) is 6.78. The molecule has 1 amide bonds. The monoisotopic (exact) mass is 421 g/mol. The summed E-state index contributed by atoms with van der Waals surface area (Å²) in [7, 11) is 0. The molecule has 2 fully saturated rings. The van der Waals surface area contributed by atoms with Gasteiger partial charge in [-0.25, -0.2) is 9.97 Å². The van der Waals surface area contributed by atoms with Crippen LogP contribution in [-0.2, 0) is 11.3 Å². The van der Waals surface area contributed by atoms with E-state index in [1.165, 1.54) is 11.1 Å². The first-order valence-corrected chi connectivity index (χ1v) is 11.7. The molecular formula is C25H35N5O. The summed E-state index contributed by atoms with van der Waals surface area (Å²) >= 11 is 0. The van der Waals surface area contributed by atoms with E-state index in [1.54, 1.807) is 6.20 Å². The van der Waals surface area contributed by atoms with E-state index in [0.717, 1.165) is 70.0 Å². The van der Waals surface area contributed by atoms with Crippen molar-refractivity contribution in [2.45, 2.75) is 46.1 Å².